The van der Waals surface area contributed by atoms with E-state index in [0.717, 1.165) is 43.6 Å². The second-order valence-corrected chi connectivity index (χ2v) is 6.13. The Balaban J connectivity index is 0.00000288. The van der Waals surface area contributed by atoms with Crippen LogP contribution in [-0.2, 0) is 16.0 Å². The molecule has 2 rings (SSSR count). The van der Waals surface area contributed by atoms with Crippen molar-refractivity contribution in [3.63, 3.8) is 0 Å². The van der Waals surface area contributed by atoms with Crippen LogP contribution in [0.15, 0.2) is 29.3 Å². The zero-order chi connectivity index (χ0) is 16.5. The van der Waals surface area contributed by atoms with Gasteiger partial charge in [-0.2, -0.15) is 0 Å². The third-order valence-electron chi connectivity index (χ3n) is 3.95. The monoisotopic (exact) mass is 467 g/mol. The number of aliphatic imine (C=N–C) groups is 1. The van der Waals surface area contributed by atoms with Crippen LogP contribution in [0.4, 0.5) is 0 Å². The molecular formula is C17H27ClIN3O2. The average Bonchev–Trinajstić information content (AvgIpc) is 3.03. The van der Waals surface area contributed by atoms with Crippen LogP contribution in [-0.4, -0.2) is 57.9 Å². The maximum absolute atomic E-state index is 5.91. The second-order valence-electron chi connectivity index (χ2n) is 5.70. The van der Waals surface area contributed by atoms with Crippen molar-refractivity contribution in [2.75, 3.05) is 47.1 Å². The van der Waals surface area contributed by atoms with Crippen LogP contribution >= 0.6 is 35.6 Å². The van der Waals surface area contributed by atoms with Gasteiger partial charge in [0.1, 0.15) is 0 Å². The summed E-state index contributed by atoms with van der Waals surface area (Å²) in [6.07, 6.45) is 1.13. The number of hydrogen-bond acceptors (Lipinski definition) is 3. The lowest BCUT2D eigenvalue weighted by atomic mass is 10.1. The summed E-state index contributed by atoms with van der Waals surface area (Å²) in [6.45, 7) is 4.84. The van der Waals surface area contributed by atoms with Crippen LogP contribution in [0.3, 0.4) is 0 Å². The zero-order valence-electron chi connectivity index (χ0n) is 14.3. The first-order valence-corrected chi connectivity index (χ1v) is 8.37. The third-order valence-corrected chi connectivity index (χ3v) is 4.20. The SMILES string of the molecule is CN=C(NCc1ccc(Cl)cc1)N1CCC(COCCOC)C1.I. The van der Waals surface area contributed by atoms with Crippen molar-refractivity contribution in [3.05, 3.63) is 34.9 Å². The van der Waals surface area contributed by atoms with Crippen LogP contribution in [0.2, 0.25) is 5.02 Å². The molecule has 1 aliphatic rings. The van der Waals surface area contributed by atoms with Crippen molar-refractivity contribution in [2.45, 2.75) is 13.0 Å². The Labute approximate surface area is 166 Å². The van der Waals surface area contributed by atoms with Gasteiger partial charge in [-0.05, 0) is 24.1 Å². The molecule has 1 fully saturated rings. The average molecular weight is 468 g/mol. The molecule has 7 heteroatoms. The highest BCUT2D eigenvalue weighted by atomic mass is 127. The number of methoxy groups -OCH3 is 1. The normalized spacial score (nSPS) is 17.7. The predicted octanol–water partition coefficient (Wildman–Crippen LogP) is 3.02. The fourth-order valence-electron chi connectivity index (χ4n) is 2.67. The van der Waals surface area contributed by atoms with E-state index in [0.29, 0.717) is 19.1 Å². The Morgan fingerprint density at radius 3 is 2.75 bits per heavy atom. The molecule has 1 heterocycles. The molecule has 1 N–H and O–H groups in total. The fraction of sp³-hybridized carbons (Fsp3) is 0.588. The molecule has 136 valence electrons. The summed E-state index contributed by atoms with van der Waals surface area (Å²) in [4.78, 5) is 6.68. The molecular weight excluding hydrogens is 441 g/mol. The first-order chi connectivity index (χ1) is 11.2. The standard InChI is InChI=1S/C17H26ClN3O2.HI/c1-19-17(20-11-14-3-5-16(18)6-4-14)21-8-7-15(12-21)13-23-10-9-22-2;/h3-6,15H,7-13H2,1-2H3,(H,19,20);1H. The molecule has 0 saturated carbocycles. The van der Waals surface area contributed by atoms with Gasteiger partial charge in [-0.25, -0.2) is 0 Å². The smallest absolute Gasteiger partial charge is 0.193 e. The van der Waals surface area contributed by atoms with Gasteiger partial charge >= 0.3 is 0 Å². The van der Waals surface area contributed by atoms with E-state index in [1.165, 1.54) is 5.56 Å². The lowest BCUT2D eigenvalue weighted by molar-refractivity contribution is 0.0536. The minimum atomic E-state index is 0. The zero-order valence-corrected chi connectivity index (χ0v) is 17.4. The molecule has 0 bridgehead atoms. The number of nitrogens with one attached hydrogen (secondary N) is 1. The molecule has 0 aliphatic carbocycles. The maximum Gasteiger partial charge on any atom is 0.193 e. The van der Waals surface area contributed by atoms with E-state index < -0.39 is 0 Å². The summed E-state index contributed by atoms with van der Waals surface area (Å²) in [6, 6.07) is 7.87. The Hall–Kier alpha value is -0.570. The number of benzene rings is 1. The second kappa shape index (κ2) is 11.9. The van der Waals surface area contributed by atoms with Gasteiger partial charge in [-0.15, -0.1) is 24.0 Å². The molecule has 1 aromatic carbocycles. The summed E-state index contributed by atoms with van der Waals surface area (Å²) in [5, 5.41) is 4.17. The van der Waals surface area contributed by atoms with E-state index in [1.807, 2.05) is 31.3 Å². The van der Waals surface area contributed by atoms with Gasteiger partial charge in [0.25, 0.3) is 0 Å². The van der Waals surface area contributed by atoms with Crippen molar-refractivity contribution in [1.82, 2.24) is 10.2 Å². The number of ether oxygens (including phenoxy) is 2. The first kappa shape index (κ1) is 21.5. The van der Waals surface area contributed by atoms with E-state index in [4.69, 9.17) is 21.1 Å². The van der Waals surface area contributed by atoms with Crippen molar-refractivity contribution in [3.8, 4) is 0 Å². The molecule has 0 amide bonds. The number of hydrogen-bond donors (Lipinski definition) is 1. The molecule has 1 atom stereocenters. The molecule has 24 heavy (non-hydrogen) atoms. The Bertz CT molecular complexity index is 499. The topological polar surface area (TPSA) is 46.1 Å². The third kappa shape index (κ3) is 7.13. The van der Waals surface area contributed by atoms with Gasteiger partial charge in [0.15, 0.2) is 5.96 Å². The Morgan fingerprint density at radius 2 is 2.08 bits per heavy atom. The molecule has 1 aliphatic heterocycles. The van der Waals surface area contributed by atoms with E-state index in [2.05, 4.69) is 15.2 Å². The van der Waals surface area contributed by atoms with Crippen LogP contribution in [0.25, 0.3) is 0 Å². The first-order valence-electron chi connectivity index (χ1n) is 7.99. The van der Waals surface area contributed by atoms with Crippen molar-refractivity contribution < 1.29 is 9.47 Å². The minimum Gasteiger partial charge on any atom is -0.382 e. The summed E-state index contributed by atoms with van der Waals surface area (Å²) < 4.78 is 10.6. The molecule has 1 aromatic rings. The number of likely N-dealkylation sites (tertiary alicyclic amines) is 1. The van der Waals surface area contributed by atoms with Gasteiger partial charge in [0.2, 0.25) is 0 Å². The summed E-state index contributed by atoms with van der Waals surface area (Å²) in [5.41, 5.74) is 1.19. The molecule has 0 spiro atoms. The highest BCUT2D eigenvalue weighted by Crippen LogP contribution is 2.17. The minimum absolute atomic E-state index is 0. The quantitative estimate of drug-likeness (QED) is 0.290. The van der Waals surface area contributed by atoms with Crippen LogP contribution in [0.5, 0.6) is 0 Å². The van der Waals surface area contributed by atoms with E-state index in [-0.39, 0.29) is 24.0 Å². The van der Waals surface area contributed by atoms with Gasteiger partial charge in [-0.3, -0.25) is 4.99 Å². The summed E-state index contributed by atoms with van der Waals surface area (Å²) >= 11 is 5.91. The van der Waals surface area contributed by atoms with Crippen LogP contribution in [0, 0.1) is 5.92 Å². The van der Waals surface area contributed by atoms with Gasteiger partial charge < -0.3 is 19.7 Å². The van der Waals surface area contributed by atoms with E-state index >= 15 is 0 Å². The molecule has 1 saturated heterocycles. The summed E-state index contributed by atoms with van der Waals surface area (Å²) in [5.74, 6) is 1.50. The van der Waals surface area contributed by atoms with Crippen molar-refractivity contribution in [2.24, 2.45) is 10.9 Å². The molecule has 5 nitrogen and oxygen atoms in total. The van der Waals surface area contributed by atoms with Crippen LogP contribution < -0.4 is 5.32 Å². The number of rotatable bonds is 7. The Kier molecular flexibility index (Phi) is 10.6. The number of nitrogens with zero attached hydrogens (tertiary/aromatic N) is 2. The van der Waals surface area contributed by atoms with E-state index in [9.17, 15) is 0 Å². The molecule has 0 radical (unpaired) electrons. The van der Waals surface area contributed by atoms with Crippen molar-refractivity contribution in [1.29, 1.82) is 0 Å². The highest BCUT2D eigenvalue weighted by Gasteiger charge is 2.24. The lowest BCUT2D eigenvalue weighted by Crippen LogP contribution is -2.39. The predicted molar refractivity (Wildman–Crippen MR) is 109 cm³/mol. The lowest BCUT2D eigenvalue weighted by Gasteiger charge is -2.21. The molecule has 1 unspecified atom stereocenters. The summed E-state index contributed by atoms with van der Waals surface area (Å²) in [7, 11) is 3.52. The van der Waals surface area contributed by atoms with Crippen molar-refractivity contribution >= 4 is 41.5 Å². The van der Waals surface area contributed by atoms with E-state index in [1.54, 1.807) is 7.11 Å². The number of guanidine groups is 1. The van der Waals surface area contributed by atoms with Gasteiger partial charge in [0, 0.05) is 44.7 Å². The number of halogens is 2. The molecule has 0 aromatic heterocycles. The Morgan fingerprint density at radius 1 is 1.33 bits per heavy atom. The van der Waals surface area contributed by atoms with Gasteiger partial charge in [-0.1, -0.05) is 23.7 Å². The van der Waals surface area contributed by atoms with Gasteiger partial charge in [0.05, 0.1) is 19.8 Å². The fourth-order valence-corrected chi connectivity index (χ4v) is 2.79. The maximum atomic E-state index is 5.91. The highest BCUT2D eigenvalue weighted by molar-refractivity contribution is 14.0. The van der Waals surface area contributed by atoms with Crippen LogP contribution in [0.1, 0.15) is 12.0 Å². The largest absolute Gasteiger partial charge is 0.382 e.